The first-order chi connectivity index (χ1) is 8.96. The average molecular weight is 301 g/mol. The highest BCUT2D eigenvalue weighted by atomic mass is 35.5. The van der Waals surface area contributed by atoms with Crippen LogP contribution in [0.25, 0.3) is 0 Å². The Hall–Kier alpha value is -1.20. The number of nitrogens with one attached hydrogen (secondary N) is 1. The molecule has 0 bridgehead atoms. The van der Waals surface area contributed by atoms with Crippen LogP contribution in [0.2, 0.25) is 5.02 Å². The Kier molecular flexibility index (Phi) is 4.06. The van der Waals surface area contributed by atoms with Gasteiger partial charge in [0.25, 0.3) is 5.91 Å². The van der Waals surface area contributed by atoms with Gasteiger partial charge in [-0.15, -0.1) is 0 Å². The summed E-state index contributed by atoms with van der Waals surface area (Å²) in [7, 11) is 0. The molecule has 0 radical (unpaired) electrons. The molecule has 6 heteroatoms. The quantitative estimate of drug-likeness (QED) is 0.844. The Morgan fingerprint density at radius 3 is 2.58 bits per heavy atom. The van der Waals surface area contributed by atoms with Crippen LogP contribution in [0.5, 0.6) is 0 Å². The van der Waals surface area contributed by atoms with Gasteiger partial charge < -0.3 is 11.1 Å². The van der Waals surface area contributed by atoms with E-state index in [1.165, 1.54) is 18.2 Å². The number of hydrogen-bond acceptors (Lipinski definition) is 2. The number of benzene rings is 1. The van der Waals surface area contributed by atoms with Crippen molar-refractivity contribution in [3.63, 3.8) is 0 Å². The van der Waals surface area contributed by atoms with Crippen LogP contribution >= 0.6 is 23.8 Å². The summed E-state index contributed by atoms with van der Waals surface area (Å²) < 4.78 is 13.7. The van der Waals surface area contributed by atoms with Gasteiger partial charge in [-0.3, -0.25) is 4.79 Å². The van der Waals surface area contributed by atoms with Crippen molar-refractivity contribution in [3.05, 3.63) is 34.6 Å². The van der Waals surface area contributed by atoms with Crippen molar-refractivity contribution in [1.29, 1.82) is 0 Å². The van der Waals surface area contributed by atoms with E-state index in [1.807, 2.05) is 0 Å². The highest BCUT2D eigenvalue weighted by Crippen LogP contribution is 2.31. The highest BCUT2D eigenvalue weighted by molar-refractivity contribution is 7.80. The molecule has 0 aliphatic heterocycles. The largest absolute Gasteiger partial charge is 0.391 e. The molecule has 3 nitrogen and oxygen atoms in total. The molecule has 1 amide bonds. The molecule has 0 unspecified atom stereocenters. The van der Waals surface area contributed by atoms with Gasteiger partial charge in [-0.05, 0) is 25.0 Å². The van der Waals surface area contributed by atoms with E-state index < -0.39 is 17.3 Å². The predicted octanol–water partition coefficient (Wildman–Crippen LogP) is 2.81. The third-order valence-corrected chi connectivity index (χ3v) is 4.18. The molecule has 1 aliphatic rings. The molecule has 0 heterocycles. The van der Waals surface area contributed by atoms with Crippen molar-refractivity contribution >= 4 is 34.7 Å². The second-order valence-corrected chi connectivity index (χ2v) is 5.55. The molecular formula is C13H14ClFN2OS. The third kappa shape index (κ3) is 2.72. The molecule has 19 heavy (non-hydrogen) atoms. The van der Waals surface area contributed by atoms with E-state index in [1.54, 1.807) is 0 Å². The number of carbonyl (C=O) groups excluding carboxylic acids is 1. The molecule has 3 N–H and O–H groups in total. The third-order valence-electron chi connectivity index (χ3n) is 3.47. The number of rotatable bonds is 3. The first kappa shape index (κ1) is 14.2. The lowest BCUT2D eigenvalue weighted by atomic mass is 9.97. The minimum absolute atomic E-state index is 0.0774. The molecule has 0 saturated heterocycles. The van der Waals surface area contributed by atoms with Crippen molar-refractivity contribution in [2.75, 3.05) is 0 Å². The fourth-order valence-electron chi connectivity index (χ4n) is 2.41. The van der Waals surface area contributed by atoms with Crippen LogP contribution in [0.1, 0.15) is 36.0 Å². The zero-order chi connectivity index (χ0) is 14.0. The monoisotopic (exact) mass is 300 g/mol. The van der Waals surface area contributed by atoms with Gasteiger partial charge in [0.1, 0.15) is 5.82 Å². The Morgan fingerprint density at radius 1 is 1.42 bits per heavy atom. The van der Waals surface area contributed by atoms with E-state index in [0.717, 1.165) is 12.8 Å². The lowest BCUT2D eigenvalue weighted by molar-refractivity contribution is 0.0920. The summed E-state index contributed by atoms with van der Waals surface area (Å²) in [6.07, 6.45) is 3.23. The summed E-state index contributed by atoms with van der Waals surface area (Å²) in [4.78, 5) is 12.4. The van der Waals surface area contributed by atoms with Gasteiger partial charge in [0, 0.05) is 0 Å². The SMILES string of the molecule is NC(=S)C1(NC(=O)c2c(F)cccc2Cl)CCCC1. The van der Waals surface area contributed by atoms with Gasteiger partial charge >= 0.3 is 0 Å². The van der Waals surface area contributed by atoms with Crippen LogP contribution < -0.4 is 11.1 Å². The second-order valence-electron chi connectivity index (χ2n) is 4.70. The van der Waals surface area contributed by atoms with Gasteiger partial charge in [0.2, 0.25) is 0 Å². The maximum atomic E-state index is 13.7. The lowest BCUT2D eigenvalue weighted by Gasteiger charge is -2.29. The molecule has 1 aromatic rings. The van der Waals surface area contributed by atoms with E-state index in [9.17, 15) is 9.18 Å². The summed E-state index contributed by atoms with van der Waals surface area (Å²) in [6.45, 7) is 0. The van der Waals surface area contributed by atoms with Crippen LogP contribution in [-0.2, 0) is 0 Å². The summed E-state index contributed by atoms with van der Waals surface area (Å²) in [6, 6.07) is 4.12. The van der Waals surface area contributed by atoms with Crippen LogP contribution in [0, 0.1) is 5.82 Å². The fourth-order valence-corrected chi connectivity index (χ4v) is 2.91. The van der Waals surface area contributed by atoms with Crippen molar-refractivity contribution in [2.45, 2.75) is 31.2 Å². The summed E-state index contributed by atoms with van der Waals surface area (Å²) >= 11 is 10.9. The normalized spacial score (nSPS) is 17.2. The van der Waals surface area contributed by atoms with E-state index in [0.29, 0.717) is 12.8 Å². The molecule has 1 aromatic carbocycles. The first-order valence-electron chi connectivity index (χ1n) is 6.03. The van der Waals surface area contributed by atoms with Gasteiger partial charge in [-0.1, -0.05) is 42.7 Å². The molecule has 2 rings (SSSR count). The number of nitrogens with two attached hydrogens (primary N) is 1. The van der Waals surface area contributed by atoms with Crippen molar-refractivity contribution in [1.82, 2.24) is 5.32 Å². The summed E-state index contributed by atoms with van der Waals surface area (Å²) in [5.74, 6) is -1.22. The molecule has 1 fully saturated rings. The van der Waals surface area contributed by atoms with Crippen molar-refractivity contribution in [3.8, 4) is 0 Å². The minimum Gasteiger partial charge on any atom is -0.391 e. The van der Waals surface area contributed by atoms with Gasteiger partial charge in [0.15, 0.2) is 0 Å². The number of thiocarbonyl (C=S) groups is 1. The summed E-state index contributed by atoms with van der Waals surface area (Å²) in [5, 5.41) is 2.84. The van der Waals surface area contributed by atoms with E-state index in [-0.39, 0.29) is 15.6 Å². The standard InChI is InChI=1S/C13H14ClFN2OS/c14-8-4-3-5-9(15)10(8)11(18)17-13(12(16)19)6-1-2-7-13/h3-5H,1-2,6-7H2,(H2,16,19)(H,17,18). The van der Waals surface area contributed by atoms with E-state index >= 15 is 0 Å². The Balaban J connectivity index is 2.28. The summed E-state index contributed by atoms with van der Waals surface area (Å²) in [5.41, 5.74) is 4.85. The van der Waals surface area contributed by atoms with Crippen molar-refractivity contribution < 1.29 is 9.18 Å². The van der Waals surface area contributed by atoms with Crippen LogP contribution in [0.4, 0.5) is 4.39 Å². The molecular weight excluding hydrogens is 287 g/mol. The number of carbonyl (C=O) groups is 1. The number of hydrogen-bond donors (Lipinski definition) is 2. The maximum Gasteiger partial charge on any atom is 0.256 e. The van der Waals surface area contributed by atoms with Crippen LogP contribution in [0.15, 0.2) is 18.2 Å². The first-order valence-corrected chi connectivity index (χ1v) is 6.81. The molecule has 1 saturated carbocycles. The maximum absolute atomic E-state index is 13.7. The van der Waals surface area contributed by atoms with Crippen LogP contribution in [0.3, 0.4) is 0 Å². The van der Waals surface area contributed by atoms with Gasteiger partial charge in [-0.2, -0.15) is 0 Å². The van der Waals surface area contributed by atoms with Crippen LogP contribution in [-0.4, -0.2) is 16.4 Å². The molecule has 0 aromatic heterocycles. The zero-order valence-electron chi connectivity index (χ0n) is 10.2. The fraction of sp³-hybridized carbons (Fsp3) is 0.385. The predicted molar refractivity (Wildman–Crippen MR) is 76.9 cm³/mol. The van der Waals surface area contributed by atoms with Gasteiger partial charge in [0.05, 0.1) is 21.1 Å². The Labute approximate surface area is 121 Å². The highest BCUT2D eigenvalue weighted by Gasteiger charge is 2.39. The topological polar surface area (TPSA) is 55.1 Å². The zero-order valence-corrected chi connectivity index (χ0v) is 11.8. The number of amides is 1. The number of halogens is 2. The van der Waals surface area contributed by atoms with Crippen molar-refractivity contribution in [2.24, 2.45) is 5.73 Å². The smallest absolute Gasteiger partial charge is 0.256 e. The Bertz CT molecular complexity index is 509. The molecule has 0 spiro atoms. The van der Waals surface area contributed by atoms with E-state index in [2.05, 4.69) is 5.32 Å². The molecule has 0 atom stereocenters. The molecule has 1 aliphatic carbocycles. The Morgan fingerprint density at radius 2 is 2.05 bits per heavy atom. The lowest BCUT2D eigenvalue weighted by Crippen LogP contribution is -2.55. The van der Waals surface area contributed by atoms with Gasteiger partial charge in [-0.25, -0.2) is 4.39 Å². The van der Waals surface area contributed by atoms with E-state index in [4.69, 9.17) is 29.6 Å². The molecule has 102 valence electrons. The average Bonchev–Trinajstić information content (AvgIpc) is 2.78. The second kappa shape index (κ2) is 5.43. The minimum atomic E-state index is -0.710.